The van der Waals surface area contributed by atoms with E-state index in [1.54, 1.807) is 6.07 Å². The molecule has 0 aromatic heterocycles. The Bertz CT molecular complexity index is 516. The Balaban J connectivity index is 3.07. The van der Waals surface area contributed by atoms with E-state index in [4.69, 9.17) is 15.6 Å². The number of rotatable bonds is 7. The molecule has 0 aliphatic rings. The van der Waals surface area contributed by atoms with Crippen LogP contribution in [0.3, 0.4) is 0 Å². The number of benzene rings is 1. The summed E-state index contributed by atoms with van der Waals surface area (Å²) in [7, 11) is -2.17. The molecule has 1 aromatic carbocycles. The number of nitrogen functional groups attached to an aromatic ring is 1. The highest BCUT2D eigenvalue weighted by molar-refractivity contribution is 7.89. The van der Waals surface area contributed by atoms with Gasteiger partial charge in [-0.1, -0.05) is 6.07 Å². The molecule has 0 saturated carbocycles. The molecule has 0 aliphatic heterocycles. The second-order valence-corrected chi connectivity index (χ2v) is 6.08. The molecule has 0 radical (unpaired) electrons. The molecule has 0 unspecified atom stereocenters. The maximum absolute atomic E-state index is 12.4. The summed E-state index contributed by atoms with van der Waals surface area (Å²) in [6.07, 6.45) is 0. The molecule has 0 saturated heterocycles. The smallest absolute Gasteiger partial charge is 0.243 e. The van der Waals surface area contributed by atoms with Crippen molar-refractivity contribution in [3.05, 3.63) is 23.8 Å². The summed E-state index contributed by atoms with van der Waals surface area (Å²) in [6.45, 7) is 2.04. The van der Waals surface area contributed by atoms with E-state index < -0.39 is 10.0 Å². The van der Waals surface area contributed by atoms with E-state index >= 15 is 0 Å². The third-order valence-corrected chi connectivity index (χ3v) is 4.68. The van der Waals surface area contributed by atoms with Gasteiger partial charge in [0.25, 0.3) is 0 Å². The van der Waals surface area contributed by atoms with Gasteiger partial charge < -0.3 is 15.6 Å². The summed E-state index contributed by atoms with van der Waals surface area (Å²) < 4.78 is 30.9. The van der Waals surface area contributed by atoms with E-state index in [2.05, 4.69) is 0 Å². The number of hydrogen-bond donors (Lipinski definition) is 2. The van der Waals surface area contributed by atoms with Crippen LogP contribution in [-0.2, 0) is 14.8 Å². The first kappa shape index (κ1) is 15.9. The highest BCUT2D eigenvalue weighted by atomic mass is 32.2. The summed E-state index contributed by atoms with van der Waals surface area (Å²) in [4.78, 5) is 0.125. The van der Waals surface area contributed by atoms with Gasteiger partial charge in [-0.05, 0) is 24.6 Å². The van der Waals surface area contributed by atoms with Crippen molar-refractivity contribution in [1.82, 2.24) is 4.31 Å². The lowest BCUT2D eigenvalue weighted by Crippen LogP contribution is -2.36. The monoisotopic (exact) mass is 288 g/mol. The van der Waals surface area contributed by atoms with E-state index in [1.807, 2.05) is 6.92 Å². The Kier molecular flexibility index (Phi) is 5.74. The Morgan fingerprint density at radius 3 is 2.58 bits per heavy atom. The lowest BCUT2D eigenvalue weighted by Gasteiger charge is -2.21. The first-order valence-electron chi connectivity index (χ1n) is 5.89. The Morgan fingerprint density at radius 2 is 2.05 bits per heavy atom. The SMILES string of the molecule is COCCN(CCO)S(=O)(=O)c1ccc(C)c(N)c1. The number of aliphatic hydroxyl groups excluding tert-OH is 1. The lowest BCUT2D eigenvalue weighted by molar-refractivity contribution is 0.168. The summed E-state index contributed by atoms with van der Waals surface area (Å²) in [5, 5.41) is 8.97. The summed E-state index contributed by atoms with van der Waals surface area (Å²) >= 11 is 0. The molecule has 0 spiro atoms. The van der Waals surface area contributed by atoms with Crippen LogP contribution in [0.2, 0.25) is 0 Å². The van der Waals surface area contributed by atoms with Gasteiger partial charge in [0.2, 0.25) is 10.0 Å². The molecule has 0 amide bonds. The summed E-state index contributed by atoms with van der Waals surface area (Å²) in [6, 6.07) is 4.61. The van der Waals surface area contributed by atoms with Crippen molar-refractivity contribution >= 4 is 15.7 Å². The molecule has 7 heteroatoms. The number of methoxy groups -OCH3 is 1. The lowest BCUT2D eigenvalue weighted by atomic mass is 10.2. The first-order chi connectivity index (χ1) is 8.93. The van der Waals surface area contributed by atoms with Crippen LogP contribution >= 0.6 is 0 Å². The van der Waals surface area contributed by atoms with E-state index in [0.717, 1.165) is 5.56 Å². The van der Waals surface area contributed by atoms with Gasteiger partial charge in [0.15, 0.2) is 0 Å². The quantitative estimate of drug-likeness (QED) is 0.700. The van der Waals surface area contributed by atoms with Crippen molar-refractivity contribution in [3.8, 4) is 0 Å². The Labute approximate surface area is 113 Å². The zero-order chi connectivity index (χ0) is 14.5. The molecular weight excluding hydrogens is 268 g/mol. The largest absolute Gasteiger partial charge is 0.398 e. The van der Waals surface area contributed by atoms with Gasteiger partial charge in [-0.25, -0.2) is 8.42 Å². The molecule has 0 fully saturated rings. The van der Waals surface area contributed by atoms with Crippen LogP contribution in [0.5, 0.6) is 0 Å². The number of nitrogens with zero attached hydrogens (tertiary/aromatic N) is 1. The topological polar surface area (TPSA) is 92.9 Å². The van der Waals surface area contributed by atoms with E-state index in [0.29, 0.717) is 5.69 Å². The predicted molar refractivity (Wildman–Crippen MR) is 73.3 cm³/mol. The van der Waals surface area contributed by atoms with Crippen molar-refractivity contribution in [1.29, 1.82) is 0 Å². The first-order valence-corrected chi connectivity index (χ1v) is 7.33. The molecule has 19 heavy (non-hydrogen) atoms. The second kappa shape index (κ2) is 6.85. The molecule has 0 atom stereocenters. The van der Waals surface area contributed by atoms with Crippen LogP contribution in [0, 0.1) is 6.92 Å². The fraction of sp³-hybridized carbons (Fsp3) is 0.500. The fourth-order valence-electron chi connectivity index (χ4n) is 1.58. The minimum absolute atomic E-state index is 0.0273. The predicted octanol–water partition coefficient (Wildman–Crippen LogP) is 0.207. The maximum Gasteiger partial charge on any atom is 0.243 e. The maximum atomic E-state index is 12.4. The number of nitrogens with two attached hydrogens (primary N) is 1. The van der Waals surface area contributed by atoms with Crippen LogP contribution in [0.15, 0.2) is 23.1 Å². The van der Waals surface area contributed by atoms with Crippen LogP contribution in [0.1, 0.15) is 5.56 Å². The highest BCUT2D eigenvalue weighted by Gasteiger charge is 2.24. The number of aliphatic hydroxyl groups is 1. The van der Waals surface area contributed by atoms with Crippen LogP contribution in [0.25, 0.3) is 0 Å². The standard InChI is InChI=1S/C12H20N2O4S/c1-10-3-4-11(9-12(10)13)19(16,17)14(5-7-15)6-8-18-2/h3-4,9,15H,5-8,13H2,1-2H3. The second-order valence-electron chi connectivity index (χ2n) is 4.14. The van der Waals surface area contributed by atoms with Gasteiger partial charge in [-0.3, -0.25) is 0 Å². The minimum Gasteiger partial charge on any atom is -0.398 e. The zero-order valence-electron chi connectivity index (χ0n) is 11.2. The van der Waals surface area contributed by atoms with Crippen molar-refractivity contribution in [2.24, 2.45) is 0 Å². The molecule has 108 valence electrons. The third-order valence-electron chi connectivity index (χ3n) is 2.78. The van der Waals surface area contributed by atoms with Crippen molar-refractivity contribution < 1.29 is 18.3 Å². The number of ether oxygens (including phenoxy) is 1. The average Bonchev–Trinajstić information content (AvgIpc) is 2.37. The van der Waals surface area contributed by atoms with Crippen molar-refractivity contribution in [2.75, 3.05) is 39.1 Å². The molecule has 0 bridgehead atoms. The van der Waals surface area contributed by atoms with E-state index in [-0.39, 0.29) is 31.2 Å². The van der Waals surface area contributed by atoms with Gasteiger partial charge in [0, 0.05) is 25.9 Å². The molecule has 6 nitrogen and oxygen atoms in total. The van der Waals surface area contributed by atoms with E-state index in [1.165, 1.54) is 23.5 Å². The molecule has 1 aromatic rings. The number of anilines is 1. The number of hydrogen-bond acceptors (Lipinski definition) is 5. The van der Waals surface area contributed by atoms with Crippen molar-refractivity contribution in [3.63, 3.8) is 0 Å². The fourth-order valence-corrected chi connectivity index (χ4v) is 3.04. The third kappa shape index (κ3) is 3.90. The van der Waals surface area contributed by atoms with Crippen LogP contribution < -0.4 is 5.73 Å². The van der Waals surface area contributed by atoms with E-state index in [9.17, 15) is 8.42 Å². The average molecular weight is 288 g/mol. The number of sulfonamides is 1. The summed E-state index contributed by atoms with van der Waals surface area (Å²) in [5.74, 6) is 0. The van der Waals surface area contributed by atoms with Crippen molar-refractivity contribution in [2.45, 2.75) is 11.8 Å². The molecule has 3 N–H and O–H groups in total. The van der Waals surface area contributed by atoms with Gasteiger partial charge in [0.05, 0.1) is 18.1 Å². The van der Waals surface area contributed by atoms with Gasteiger partial charge in [-0.15, -0.1) is 0 Å². The molecule has 1 rings (SSSR count). The normalized spacial score (nSPS) is 12.0. The van der Waals surface area contributed by atoms with Gasteiger partial charge in [0.1, 0.15) is 0 Å². The Morgan fingerprint density at radius 1 is 1.37 bits per heavy atom. The van der Waals surface area contributed by atoms with Crippen LogP contribution in [-0.4, -0.2) is 51.2 Å². The number of aryl methyl sites for hydroxylation is 1. The zero-order valence-corrected chi connectivity index (χ0v) is 12.0. The minimum atomic E-state index is -3.66. The highest BCUT2D eigenvalue weighted by Crippen LogP contribution is 2.20. The Hall–Kier alpha value is -1.15. The molecule has 0 aliphatic carbocycles. The van der Waals surface area contributed by atoms with Crippen LogP contribution in [0.4, 0.5) is 5.69 Å². The van der Waals surface area contributed by atoms with Gasteiger partial charge in [-0.2, -0.15) is 4.31 Å². The molecule has 0 heterocycles. The van der Waals surface area contributed by atoms with Gasteiger partial charge >= 0.3 is 0 Å². The molecular formula is C12H20N2O4S. The summed E-state index contributed by atoms with van der Waals surface area (Å²) in [5.41, 5.74) is 6.99.